The summed E-state index contributed by atoms with van der Waals surface area (Å²) >= 11 is 0. The predicted molar refractivity (Wildman–Crippen MR) is 199 cm³/mol. The highest BCUT2D eigenvalue weighted by Gasteiger charge is 2.25. The van der Waals surface area contributed by atoms with Gasteiger partial charge in [-0.3, -0.25) is 0 Å². The minimum atomic E-state index is 0.178. The van der Waals surface area contributed by atoms with Crippen molar-refractivity contribution in [3.05, 3.63) is 38.0 Å². The summed E-state index contributed by atoms with van der Waals surface area (Å²) in [6.07, 6.45) is 34.5. The van der Waals surface area contributed by atoms with Gasteiger partial charge in [-0.05, 0) is 139 Å². The second-order valence-electron chi connectivity index (χ2n) is 15.3. The van der Waals surface area contributed by atoms with E-state index in [1.807, 2.05) is 25.2 Å². The van der Waals surface area contributed by atoms with E-state index in [-0.39, 0.29) is 11.8 Å². The maximum Gasteiger partial charge on any atom is 0.123 e. The van der Waals surface area contributed by atoms with Crippen molar-refractivity contribution >= 4 is 31.4 Å². The standard InChI is InChI=1S/3C11H18O.C10H16O2/c1-3-9(2)11-6-4-5-10(7-11)8-12;1-2-3-5-10-6-4-7-11(8-10)9-12;1-2-3-4-10-5-7-11(9-12)8-6-10;1-8(6-11)10-4-2-9(7-12)3-5-10/h3,8-11H,1,4-7H2,2H3;2*2,9-11H,1,3-8H2;6-10H,2-5H2,1H3. The number of hydrogen-bond donors (Lipinski definition) is 0. The van der Waals surface area contributed by atoms with Crippen molar-refractivity contribution in [1.29, 1.82) is 0 Å². The average molecular weight is 667 g/mol. The van der Waals surface area contributed by atoms with E-state index < -0.39 is 0 Å². The van der Waals surface area contributed by atoms with Crippen LogP contribution in [-0.2, 0) is 24.0 Å². The summed E-state index contributed by atoms with van der Waals surface area (Å²) in [5.41, 5.74) is 0. The second-order valence-corrected chi connectivity index (χ2v) is 15.3. The Kier molecular flexibility index (Phi) is 24.9. The molecule has 0 aliphatic heterocycles. The molecule has 272 valence electrons. The highest BCUT2D eigenvalue weighted by atomic mass is 16.1. The van der Waals surface area contributed by atoms with Crippen LogP contribution in [0.25, 0.3) is 0 Å². The maximum absolute atomic E-state index is 10.6. The molecule has 4 rings (SSSR count). The lowest BCUT2D eigenvalue weighted by Gasteiger charge is -2.28. The quantitative estimate of drug-likeness (QED) is 0.136. The fourth-order valence-corrected chi connectivity index (χ4v) is 8.02. The van der Waals surface area contributed by atoms with E-state index in [2.05, 4.69) is 26.7 Å². The summed E-state index contributed by atoms with van der Waals surface area (Å²) in [5, 5.41) is 0. The molecular weight excluding hydrogens is 596 g/mol. The van der Waals surface area contributed by atoms with Crippen LogP contribution in [0.3, 0.4) is 0 Å². The summed E-state index contributed by atoms with van der Waals surface area (Å²) in [7, 11) is 0. The van der Waals surface area contributed by atoms with Crippen LogP contribution in [0.1, 0.15) is 142 Å². The van der Waals surface area contributed by atoms with Gasteiger partial charge in [0.2, 0.25) is 0 Å². The van der Waals surface area contributed by atoms with Crippen molar-refractivity contribution in [3.8, 4) is 0 Å². The van der Waals surface area contributed by atoms with Gasteiger partial charge in [-0.15, -0.1) is 19.7 Å². The molecule has 0 saturated heterocycles. The number of allylic oxidation sites excluding steroid dienone is 3. The van der Waals surface area contributed by atoms with Crippen LogP contribution in [0.4, 0.5) is 0 Å². The Bertz CT molecular complexity index is 898. The van der Waals surface area contributed by atoms with E-state index >= 15 is 0 Å². The van der Waals surface area contributed by atoms with Crippen molar-refractivity contribution in [3.63, 3.8) is 0 Å². The molecule has 0 spiro atoms. The molecule has 0 amide bonds. The molecule has 0 radical (unpaired) electrons. The van der Waals surface area contributed by atoms with Gasteiger partial charge in [-0.25, -0.2) is 0 Å². The number of hydrogen-bond acceptors (Lipinski definition) is 5. The Morgan fingerprint density at radius 1 is 0.500 bits per heavy atom. The molecule has 5 heteroatoms. The lowest BCUT2D eigenvalue weighted by Crippen LogP contribution is -2.21. The zero-order valence-corrected chi connectivity index (χ0v) is 30.7. The SMILES string of the molecule is C=CC(C)C1CCCC(C=O)C1.C=CCCC1CCC(C=O)CC1.C=CCCC1CCCC(C=O)C1.CC(C=O)C1CCC(C=O)CC1. The molecule has 4 aliphatic rings. The van der Waals surface area contributed by atoms with Gasteiger partial charge in [-0.1, -0.05) is 51.3 Å². The summed E-state index contributed by atoms with van der Waals surface area (Å²) in [4.78, 5) is 52.5. The van der Waals surface area contributed by atoms with Gasteiger partial charge in [0.25, 0.3) is 0 Å². The normalized spacial score (nSPS) is 31.0. The minimum Gasteiger partial charge on any atom is -0.303 e. The van der Waals surface area contributed by atoms with Gasteiger partial charge in [-0.2, -0.15) is 0 Å². The van der Waals surface area contributed by atoms with E-state index in [4.69, 9.17) is 0 Å². The van der Waals surface area contributed by atoms with Crippen LogP contribution in [0.2, 0.25) is 0 Å². The third-order valence-electron chi connectivity index (χ3n) is 11.7. The average Bonchev–Trinajstić information content (AvgIpc) is 3.16. The molecule has 48 heavy (non-hydrogen) atoms. The van der Waals surface area contributed by atoms with Gasteiger partial charge in [0, 0.05) is 29.6 Å². The number of carbonyl (C=O) groups excluding carboxylic acids is 5. The molecule has 4 aliphatic carbocycles. The van der Waals surface area contributed by atoms with Crippen LogP contribution in [-0.4, -0.2) is 31.4 Å². The molecule has 6 atom stereocenters. The molecule has 0 aromatic carbocycles. The number of rotatable bonds is 14. The topological polar surface area (TPSA) is 85.3 Å². The monoisotopic (exact) mass is 667 g/mol. The molecular formula is C43H70O5. The van der Waals surface area contributed by atoms with Crippen molar-refractivity contribution in [2.75, 3.05) is 0 Å². The minimum absolute atomic E-state index is 0.178. The Balaban J connectivity index is 0.000000320. The molecule has 4 saturated carbocycles. The molecule has 6 unspecified atom stereocenters. The fraction of sp³-hybridized carbons (Fsp3) is 0.744. The van der Waals surface area contributed by atoms with E-state index in [1.165, 1.54) is 51.4 Å². The summed E-state index contributed by atoms with van der Waals surface area (Å²) in [5.74, 6) is 4.94. The van der Waals surface area contributed by atoms with Crippen LogP contribution in [0.5, 0.6) is 0 Å². The second kappa shape index (κ2) is 27.4. The van der Waals surface area contributed by atoms with Crippen molar-refractivity contribution < 1.29 is 24.0 Å². The first kappa shape index (κ1) is 43.6. The van der Waals surface area contributed by atoms with Crippen LogP contribution in [0, 0.1) is 59.2 Å². The zero-order valence-electron chi connectivity index (χ0n) is 30.7. The fourth-order valence-electron chi connectivity index (χ4n) is 8.02. The van der Waals surface area contributed by atoms with Gasteiger partial charge in [0.1, 0.15) is 31.4 Å². The zero-order chi connectivity index (χ0) is 35.6. The highest BCUT2D eigenvalue weighted by Crippen LogP contribution is 2.34. The number of carbonyl (C=O) groups is 5. The smallest absolute Gasteiger partial charge is 0.123 e. The van der Waals surface area contributed by atoms with E-state index in [1.54, 1.807) is 0 Å². The van der Waals surface area contributed by atoms with Gasteiger partial charge in [0.15, 0.2) is 0 Å². The van der Waals surface area contributed by atoms with Gasteiger partial charge in [0.05, 0.1) is 0 Å². The number of aldehydes is 5. The third-order valence-corrected chi connectivity index (χ3v) is 11.7. The predicted octanol–water partition coefficient (Wildman–Crippen LogP) is 10.6. The van der Waals surface area contributed by atoms with Crippen LogP contribution in [0.15, 0.2) is 38.0 Å². The summed E-state index contributed by atoms with van der Waals surface area (Å²) < 4.78 is 0. The lowest BCUT2D eigenvalue weighted by molar-refractivity contribution is -0.114. The van der Waals surface area contributed by atoms with E-state index in [0.29, 0.717) is 35.5 Å². The Labute approximate surface area is 294 Å². The van der Waals surface area contributed by atoms with Gasteiger partial charge >= 0.3 is 0 Å². The first-order valence-electron chi connectivity index (χ1n) is 19.4. The summed E-state index contributed by atoms with van der Waals surface area (Å²) in [6, 6.07) is 0. The maximum atomic E-state index is 10.6. The largest absolute Gasteiger partial charge is 0.303 e. The van der Waals surface area contributed by atoms with E-state index in [9.17, 15) is 24.0 Å². The molecule has 0 N–H and O–H groups in total. The Morgan fingerprint density at radius 2 is 0.979 bits per heavy atom. The Hall–Kier alpha value is -2.43. The molecule has 4 fully saturated rings. The van der Waals surface area contributed by atoms with E-state index in [0.717, 1.165) is 120 Å². The highest BCUT2D eigenvalue weighted by molar-refractivity contribution is 5.55. The van der Waals surface area contributed by atoms with Crippen molar-refractivity contribution in [1.82, 2.24) is 0 Å². The lowest BCUT2D eigenvalue weighted by atomic mass is 9.76. The van der Waals surface area contributed by atoms with Crippen LogP contribution >= 0.6 is 0 Å². The van der Waals surface area contributed by atoms with Crippen molar-refractivity contribution in [2.45, 2.75) is 142 Å². The molecule has 0 aromatic heterocycles. The van der Waals surface area contributed by atoms with Crippen LogP contribution < -0.4 is 0 Å². The first-order valence-corrected chi connectivity index (χ1v) is 19.4. The van der Waals surface area contributed by atoms with Gasteiger partial charge < -0.3 is 24.0 Å². The Morgan fingerprint density at radius 3 is 1.46 bits per heavy atom. The molecule has 0 heterocycles. The molecule has 0 bridgehead atoms. The third kappa shape index (κ3) is 18.4. The first-order chi connectivity index (χ1) is 23.3. The molecule has 5 nitrogen and oxygen atoms in total. The van der Waals surface area contributed by atoms with Crippen molar-refractivity contribution in [2.24, 2.45) is 59.2 Å². The molecule has 0 aromatic rings. The summed E-state index contributed by atoms with van der Waals surface area (Å²) in [6.45, 7) is 15.4.